The van der Waals surface area contributed by atoms with Gasteiger partial charge in [-0.2, -0.15) is 0 Å². The molecule has 0 unspecified atom stereocenters. The van der Waals surface area contributed by atoms with Crippen LogP contribution in [0.5, 0.6) is 0 Å². The van der Waals surface area contributed by atoms with Crippen molar-refractivity contribution >= 4 is 23.4 Å². The van der Waals surface area contributed by atoms with Crippen LogP contribution in [0.3, 0.4) is 0 Å². The maximum absolute atomic E-state index is 13.5. The lowest BCUT2D eigenvalue weighted by Gasteiger charge is -2.31. The van der Waals surface area contributed by atoms with E-state index in [2.05, 4.69) is 11.9 Å². The molecule has 164 valence electrons. The van der Waals surface area contributed by atoms with Crippen molar-refractivity contribution in [3.05, 3.63) is 119 Å². The van der Waals surface area contributed by atoms with Gasteiger partial charge in [-0.15, -0.1) is 6.58 Å². The number of halogens is 2. The van der Waals surface area contributed by atoms with Crippen molar-refractivity contribution < 1.29 is 14.0 Å². The first-order valence-corrected chi connectivity index (χ1v) is 10.6. The molecule has 3 rings (SSSR count). The van der Waals surface area contributed by atoms with Crippen LogP contribution in [0, 0.1) is 5.82 Å². The van der Waals surface area contributed by atoms with Gasteiger partial charge in [-0.1, -0.05) is 72.3 Å². The summed E-state index contributed by atoms with van der Waals surface area (Å²) in [4.78, 5) is 28.2. The lowest BCUT2D eigenvalue weighted by atomic mass is 10.0. The van der Waals surface area contributed by atoms with E-state index < -0.39 is 6.04 Å². The minimum atomic E-state index is -0.860. The van der Waals surface area contributed by atoms with Crippen molar-refractivity contribution in [1.82, 2.24) is 10.2 Å². The van der Waals surface area contributed by atoms with Gasteiger partial charge in [0.05, 0.1) is 6.42 Å². The monoisotopic (exact) mass is 450 g/mol. The molecule has 1 N–H and O–H groups in total. The maximum atomic E-state index is 13.5. The molecule has 0 aliphatic rings. The van der Waals surface area contributed by atoms with Crippen LogP contribution < -0.4 is 5.32 Å². The summed E-state index contributed by atoms with van der Waals surface area (Å²) < 4.78 is 13.4. The fourth-order valence-corrected chi connectivity index (χ4v) is 3.49. The molecule has 4 nitrogen and oxygen atoms in total. The zero-order valence-corrected chi connectivity index (χ0v) is 18.3. The van der Waals surface area contributed by atoms with Gasteiger partial charge in [0.25, 0.3) is 0 Å². The zero-order chi connectivity index (χ0) is 22.9. The van der Waals surface area contributed by atoms with Crippen molar-refractivity contribution in [2.75, 3.05) is 6.54 Å². The molecule has 0 radical (unpaired) electrons. The Kier molecular flexibility index (Phi) is 8.17. The number of carbonyl (C=O) groups excluding carboxylic acids is 2. The Morgan fingerprint density at radius 1 is 0.969 bits per heavy atom. The number of nitrogens with one attached hydrogen (secondary N) is 1. The molecule has 0 saturated heterocycles. The highest BCUT2D eigenvalue weighted by molar-refractivity contribution is 6.30. The van der Waals surface area contributed by atoms with E-state index >= 15 is 0 Å². The average Bonchev–Trinajstić information content (AvgIpc) is 2.80. The van der Waals surface area contributed by atoms with Crippen molar-refractivity contribution in [1.29, 1.82) is 0 Å². The molecule has 0 spiro atoms. The van der Waals surface area contributed by atoms with E-state index in [0.717, 1.165) is 5.56 Å². The summed E-state index contributed by atoms with van der Waals surface area (Å²) in [6, 6.07) is 21.2. The summed E-state index contributed by atoms with van der Waals surface area (Å²) in [5, 5.41) is 3.38. The standard InChI is InChI=1S/C26H24ClFN2O2/c1-2-16-29-26(32)25(21-6-4-3-5-7-21)30(18-20-10-14-23(28)15-11-20)24(31)17-19-8-12-22(27)13-9-19/h2-15,25H,1,16-18H2,(H,29,32)/t25-/m0/s1. The first-order valence-electron chi connectivity index (χ1n) is 10.2. The maximum Gasteiger partial charge on any atom is 0.247 e. The van der Waals surface area contributed by atoms with Gasteiger partial charge in [0.15, 0.2) is 0 Å². The zero-order valence-electron chi connectivity index (χ0n) is 17.5. The summed E-state index contributed by atoms with van der Waals surface area (Å²) in [6.45, 7) is 4.06. The third-order valence-corrected chi connectivity index (χ3v) is 5.20. The number of hydrogen-bond acceptors (Lipinski definition) is 2. The van der Waals surface area contributed by atoms with Crippen LogP contribution in [0.1, 0.15) is 22.7 Å². The lowest BCUT2D eigenvalue weighted by Crippen LogP contribution is -2.44. The molecule has 2 amide bonds. The first kappa shape index (κ1) is 23.2. The number of nitrogens with zero attached hydrogens (tertiary/aromatic N) is 1. The minimum absolute atomic E-state index is 0.0937. The van der Waals surface area contributed by atoms with Gasteiger partial charge < -0.3 is 10.2 Å². The van der Waals surface area contributed by atoms with E-state index in [4.69, 9.17) is 11.6 Å². The largest absolute Gasteiger partial charge is 0.351 e. The molecule has 3 aromatic carbocycles. The van der Waals surface area contributed by atoms with Gasteiger partial charge in [-0.05, 0) is 41.0 Å². The van der Waals surface area contributed by atoms with Crippen LogP contribution in [0.15, 0.2) is 91.5 Å². The van der Waals surface area contributed by atoms with Crippen LogP contribution in [0.2, 0.25) is 5.02 Å². The fourth-order valence-electron chi connectivity index (χ4n) is 3.37. The molecule has 0 heterocycles. The molecule has 0 saturated carbocycles. The second-order valence-corrected chi connectivity index (χ2v) is 7.73. The summed E-state index contributed by atoms with van der Waals surface area (Å²) in [5.74, 6) is -0.918. The van der Waals surface area contributed by atoms with Crippen LogP contribution >= 0.6 is 11.6 Å². The van der Waals surface area contributed by atoms with Gasteiger partial charge in [0.1, 0.15) is 11.9 Å². The molecule has 6 heteroatoms. The third kappa shape index (κ3) is 6.28. The Morgan fingerprint density at radius 3 is 2.22 bits per heavy atom. The van der Waals surface area contributed by atoms with Crippen molar-refractivity contribution in [3.8, 4) is 0 Å². The number of hydrogen-bond donors (Lipinski definition) is 1. The lowest BCUT2D eigenvalue weighted by molar-refractivity contribution is -0.141. The smallest absolute Gasteiger partial charge is 0.247 e. The number of amides is 2. The van der Waals surface area contributed by atoms with E-state index in [-0.39, 0.29) is 37.1 Å². The quantitative estimate of drug-likeness (QED) is 0.461. The van der Waals surface area contributed by atoms with Gasteiger partial charge >= 0.3 is 0 Å². The van der Waals surface area contributed by atoms with Crippen LogP contribution in [-0.4, -0.2) is 23.3 Å². The second kappa shape index (κ2) is 11.3. The SMILES string of the molecule is C=CCNC(=O)[C@H](c1ccccc1)N(Cc1ccc(F)cc1)C(=O)Cc1ccc(Cl)cc1. The summed E-state index contributed by atoms with van der Waals surface area (Å²) in [5.41, 5.74) is 2.18. The summed E-state index contributed by atoms with van der Waals surface area (Å²) in [6.07, 6.45) is 1.68. The molecule has 1 atom stereocenters. The fraction of sp³-hybridized carbons (Fsp3) is 0.154. The molecule has 0 fully saturated rings. The predicted octanol–water partition coefficient (Wildman–Crippen LogP) is 5.09. The van der Waals surface area contributed by atoms with Crippen LogP contribution in [0.4, 0.5) is 4.39 Å². The van der Waals surface area contributed by atoms with Gasteiger partial charge in [0.2, 0.25) is 11.8 Å². The van der Waals surface area contributed by atoms with E-state index in [1.165, 1.54) is 17.0 Å². The van der Waals surface area contributed by atoms with Crippen molar-refractivity contribution in [2.24, 2.45) is 0 Å². The summed E-state index contributed by atoms with van der Waals surface area (Å²) >= 11 is 5.96. The number of rotatable bonds is 9. The van der Waals surface area contributed by atoms with Crippen LogP contribution in [-0.2, 0) is 22.6 Å². The topological polar surface area (TPSA) is 49.4 Å². The normalized spacial score (nSPS) is 11.4. The number of benzene rings is 3. The molecule has 3 aromatic rings. The summed E-state index contributed by atoms with van der Waals surface area (Å²) in [7, 11) is 0. The molecule has 32 heavy (non-hydrogen) atoms. The molecule has 0 aromatic heterocycles. The Balaban J connectivity index is 1.98. The van der Waals surface area contributed by atoms with E-state index in [9.17, 15) is 14.0 Å². The third-order valence-electron chi connectivity index (χ3n) is 4.95. The van der Waals surface area contributed by atoms with Gasteiger partial charge in [-0.3, -0.25) is 9.59 Å². The highest BCUT2D eigenvalue weighted by Gasteiger charge is 2.31. The van der Waals surface area contributed by atoms with Gasteiger partial charge in [0, 0.05) is 18.1 Å². The number of carbonyl (C=O) groups is 2. The van der Waals surface area contributed by atoms with E-state index in [1.54, 1.807) is 42.5 Å². The van der Waals surface area contributed by atoms with Crippen LogP contribution in [0.25, 0.3) is 0 Å². The van der Waals surface area contributed by atoms with E-state index in [1.807, 2.05) is 30.3 Å². The predicted molar refractivity (Wildman–Crippen MR) is 124 cm³/mol. The minimum Gasteiger partial charge on any atom is -0.351 e. The average molecular weight is 451 g/mol. The molecule has 0 bridgehead atoms. The molecule has 0 aliphatic heterocycles. The Morgan fingerprint density at radius 2 is 1.59 bits per heavy atom. The molecular weight excluding hydrogens is 427 g/mol. The highest BCUT2D eigenvalue weighted by atomic mass is 35.5. The first-order chi connectivity index (χ1) is 15.5. The Hall–Kier alpha value is -3.44. The highest BCUT2D eigenvalue weighted by Crippen LogP contribution is 2.25. The Labute approximate surface area is 192 Å². The Bertz CT molecular complexity index is 1050. The van der Waals surface area contributed by atoms with Crippen molar-refractivity contribution in [2.45, 2.75) is 19.0 Å². The van der Waals surface area contributed by atoms with Gasteiger partial charge in [-0.25, -0.2) is 4.39 Å². The van der Waals surface area contributed by atoms with Crippen molar-refractivity contribution in [3.63, 3.8) is 0 Å². The van der Waals surface area contributed by atoms with E-state index in [0.29, 0.717) is 16.1 Å². The molecular formula is C26H24ClFN2O2. The molecule has 0 aliphatic carbocycles. The second-order valence-electron chi connectivity index (χ2n) is 7.30.